The summed E-state index contributed by atoms with van der Waals surface area (Å²) in [6.07, 6.45) is 5.68. The minimum atomic E-state index is 0.0221. The van der Waals surface area contributed by atoms with Crippen LogP contribution >= 0.6 is 0 Å². The van der Waals surface area contributed by atoms with E-state index in [0.29, 0.717) is 6.04 Å². The van der Waals surface area contributed by atoms with Crippen molar-refractivity contribution >= 4 is 5.69 Å². The van der Waals surface area contributed by atoms with E-state index in [1.807, 2.05) is 17.1 Å². The summed E-state index contributed by atoms with van der Waals surface area (Å²) in [4.78, 5) is 0. The number of anilines is 1. The van der Waals surface area contributed by atoms with Gasteiger partial charge in [0.05, 0.1) is 17.4 Å². The number of aliphatic hydroxyl groups excluding tert-OH is 1. The van der Waals surface area contributed by atoms with Crippen molar-refractivity contribution in [1.82, 2.24) is 9.78 Å². The number of aliphatic hydroxyl groups is 1. The van der Waals surface area contributed by atoms with E-state index in [4.69, 9.17) is 5.11 Å². The average Bonchev–Trinajstić information content (AvgIpc) is 2.62. The van der Waals surface area contributed by atoms with E-state index in [2.05, 4.69) is 38.1 Å². The van der Waals surface area contributed by atoms with Crippen LogP contribution in [-0.2, 0) is 5.54 Å². The Labute approximate surface area is 97.7 Å². The molecule has 16 heavy (non-hydrogen) atoms. The van der Waals surface area contributed by atoms with Gasteiger partial charge in [0, 0.05) is 18.8 Å². The van der Waals surface area contributed by atoms with Gasteiger partial charge < -0.3 is 10.4 Å². The molecule has 1 aromatic heterocycles. The molecule has 4 nitrogen and oxygen atoms in total. The molecule has 0 saturated heterocycles. The smallest absolute Gasteiger partial charge is 0.0728 e. The zero-order valence-electron chi connectivity index (χ0n) is 10.7. The fourth-order valence-electron chi connectivity index (χ4n) is 1.52. The van der Waals surface area contributed by atoms with E-state index >= 15 is 0 Å². The summed E-state index contributed by atoms with van der Waals surface area (Å²) in [7, 11) is 0. The summed E-state index contributed by atoms with van der Waals surface area (Å²) >= 11 is 0. The molecule has 4 heteroatoms. The third-order valence-electron chi connectivity index (χ3n) is 2.48. The molecule has 1 heterocycles. The van der Waals surface area contributed by atoms with Crippen LogP contribution in [0.2, 0.25) is 0 Å². The SMILES string of the molecule is CC(CCCO)Nc1cnn(C(C)(C)C)c1. The summed E-state index contributed by atoms with van der Waals surface area (Å²) in [6, 6.07) is 0.366. The Bertz CT molecular complexity index is 314. The molecule has 0 saturated carbocycles. The highest BCUT2D eigenvalue weighted by molar-refractivity contribution is 5.39. The normalized spacial score (nSPS) is 13.8. The summed E-state index contributed by atoms with van der Waals surface area (Å²) in [5, 5.41) is 16.4. The van der Waals surface area contributed by atoms with Crippen molar-refractivity contribution in [3.63, 3.8) is 0 Å². The lowest BCUT2D eigenvalue weighted by molar-refractivity contribution is 0.282. The number of nitrogens with zero attached hydrogens (tertiary/aromatic N) is 2. The van der Waals surface area contributed by atoms with Gasteiger partial charge in [-0.25, -0.2) is 0 Å². The zero-order chi connectivity index (χ0) is 12.2. The second-order valence-corrected chi connectivity index (χ2v) is 5.26. The first-order chi connectivity index (χ1) is 7.43. The molecule has 1 unspecified atom stereocenters. The first-order valence-corrected chi connectivity index (χ1v) is 5.86. The van der Waals surface area contributed by atoms with Crippen molar-refractivity contribution in [3.8, 4) is 0 Å². The van der Waals surface area contributed by atoms with Gasteiger partial charge in [-0.2, -0.15) is 5.10 Å². The van der Waals surface area contributed by atoms with Crippen LogP contribution in [0, 0.1) is 0 Å². The van der Waals surface area contributed by atoms with Gasteiger partial charge in [0.2, 0.25) is 0 Å². The molecule has 92 valence electrons. The lowest BCUT2D eigenvalue weighted by Gasteiger charge is -2.19. The molecule has 1 aromatic rings. The summed E-state index contributed by atoms with van der Waals surface area (Å²) in [6.45, 7) is 8.74. The molecule has 0 aliphatic rings. The Morgan fingerprint density at radius 3 is 2.69 bits per heavy atom. The van der Waals surface area contributed by atoms with Gasteiger partial charge in [0.15, 0.2) is 0 Å². The molecule has 0 spiro atoms. The molecule has 0 aliphatic heterocycles. The van der Waals surface area contributed by atoms with Crippen LogP contribution in [0.4, 0.5) is 5.69 Å². The van der Waals surface area contributed by atoms with Crippen LogP contribution in [0.15, 0.2) is 12.4 Å². The predicted octanol–water partition coefficient (Wildman–Crippen LogP) is 2.21. The van der Waals surface area contributed by atoms with E-state index in [9.17, 15) is 0 Å². The molecular formula is C12H23N3O. The predicted molar refractivity (Wildman–Crippen MR) is 66.6 cm³/mol. The van der Waals surface area contributed by atoms with Crippen LogP contribution in [0.1, 0.15) is 40.5 Å². The van der Waals surface area contributed by atoms with Crippen molar-refractivity contribution in [2.24, 2.45) is 0 Å². The van der Waals surface area contributed by atoms with E-state index in [0.717, 1.165) is 18.5 Å². The second kappa shape index (κ2) is 5.34. The fourth-order valence-corrected chi connectivity index (χ4v) is 1.52. The van der Waals surface area contributed by atoms with E-state index in [1.54, 1.807) is 0 Å². The standard InChI is InChI=1S/C12H23N3O/c1-10(6-5-7-16)14-11-8-13-15(9-11)12(2,3)4/h8-10,14,16H,5-7H2,1-4H3. The van der Waals surface area contributed by atoms with E-state index in [-0.39, 0.29) is 12.1 Å². The van der Waals surface area contributed by atoms with Gasteiger partial charge in [-0.3, -0.25) is 4.68 Å². The highest BCUT2D eigenvalue weighted by Crippen LogP contribution is 2.16. The van der Waals surface area contributed by atoms with Crippen molar-refractivity contribution in [2.45, 2.75) is 52.1 Å². The monoisotopic (exact) mass is 225 g/mol. The quantitative estimate of drug-likeness (QED) is 0.807. The van der Waals surface area contributed by atoms with Gasteiger partial charge in [-0.15, -0.1) is 0 Å². The highest BCUT2D eigenvalue weighted by Gasteiger charge is 2.14. The molecule has 1 rings (SSSR count). The second-order valence-electron chi connectivity index (χ2n) is 5.26. The van der Waals surface area contributed by atoms with Crippen LogP contribution in [0.3, 0.4) is 0 Å². The van der Waals surface area contributed by atoms with E-state index < -0.39 is 0 Å². The van der Waals surface area contributed by atoms with Gasteiger partial charge in [-0.1, -0.05) is 0 Å². The van der Waals surface area contributed by atoms with Crippen molar-refractivity contribution in [2.75, 3.05) is 11.9 Å². The van der Waals surface area contributed by atoms with Crippen molar-refractivity contribution < 1.29 is 5.11 Å². The third-order valence-corrected chi connectivity index (χ3v) is 2.48. The van der Waals surface area contributed by atoms with Crippen LogP contribution in [-0.4, -0.2) is 27.5 Å². The first kappa shape index (κ1) is 13.0. The Balaban J connectivity index is 2.52. The number of hydrogen-bond acceptors (Lipinski definition) is 3. The fraction of sp³-hybridized carbons (Fsp3) is 0.750. The van der Waals surface area contributed by atoms with Crippen molar-refractivity contribution in [1.29, 1.82) is 0 Å². The van der Waals surface area contributed by atoms with Crippen LogP contribution < -0.4 is 5.32 Å². The minimum Gasteiger partial charge on any atom is -0.396 e. The van der Waals surface area contributed by atoms with Crippen molar-refractivity contribution in [3.05, 3.63) is 12.4 Å². The molecule has 0 aromatic carbocycles. The molecule has 2 N–H and O–H groups in total. The molecule has 0 aliphatic carbocycles. The molecule has 0 bridgehead atoms. The van der Waals surface area contributed by atoms with Crippen LogP contribution in [0.5, 0.6) is 0 Å². The molecule has 1 atom stereocenters. The Hall–Kier alpha value is -1.03. The first-order valence-electron chi connectivity index (χ1n) is 5.86. The van der Waals surface area contributed by atoms with Gasteiger partial charge >= 0.3 is 0 Å². The molecule has 0 radical (unpaired) electrons. The summed E-state index contributed by atoms with van der Waals surface area (Å²) in [5.74, 6) is 0. The largest absolute Gasteiger partial charge is 0.396 e. The zero-order valence-corrected chi connectivity index (χ0v) is 10.7. The third kappa shape index (κ3) is 3.85. The maximum Gasteiger partial charge on any atom is 0.0728 e. The Morgan fingerprint density at radius 1 is 1.50 bits per heavy atom. The topological polar surface area (TPSA) is 50.1 Å². The highest BCUT2D eigenvalue weighted by atomic mass is 16.2. The summed E-state index contributed by atoms with van der Waals surface area (Å²) < 4.78 is 1.95. The van der Waals surface area contributed by atoms with E-state index in [1.165, 1.54) is 0 Å². The van der Waals surface area contributed by atoms with Gasteiger partial charge in [0.25, 0.3) is 0 Å². The van der Waals surface area contributed by atoms with Gasteiger partial charge in [0.1, 0.15) is 0 Å². The summed E-state index contributed by atoms with van der Waals surface area (Å²) in [5.41, 5.74) is 1.06. The Kier molecular flexibility index (Phi) is 4.35. The number of hydrogen-bond donors (Lipinski definition) is 2. The average molecular weight is 225 g/mol. The number of rotatable bonds is 5. The maximum absolute atomic E-state index is 8.75. The lowest BCUT2D eigenvalue weighted by atomic mass is 10.1. The molecular weight excluding hydrogens is 202 g/mol. The lowest BCUT2D eigenvalue weighted by Crippen LogP contribution is -2.22. The molecule has 0 amide bonds. The Morgan fingerprint density at radius 2 is 2.19 bits per heavy atom. The van der Waals surface area contributed by atoms with Crippen LogP contribution in [0.25, 0.3) is 0 Å². The van der Waals surface area contributed by atoms with Gasteiger partial charge in [-0.05, 0) is 40.5 Å². The minimum absolute atomic E-state index is 0.0221. The number of aromatic nitrogens is 2. The maximum atomic E-state index is 8.75. The number of nitrogens with one attached hydrogen (secondary N) is 1. The molecule has 0 fully saturated rings.